The number of carbonyl (C=O) groups is 2. The van der Waals surface area contributed by atoms with Crippen molar-refractivity contribution in [3.05, 3.63) is 0 Å². The average Bonchev–Trinajstić information content (AvgIpc) is 2.64. The van der Waals surface area contributed by atoms with Crippen LogP contribution in [0.4, 0.5) is 0 Å². The van der Waals surface area contributed by atoms with Gasteiger partial charge in [0.1, 0.15) is 0 Å². The minimum Gasteiger partial charge on any atom is -0.465 e. The van der Waals surface area contributed by atoms with Crippen LogP contribution in [0.3, 0.4) is 0 Å². The molecule has 0 aliphatic heterocycles. The van der Waals surface area contributed by atoms with Crippen LogP contribution in [0, 0.1) is 17.8 Å². The summed E-state index contributed by atoms with van der Waals surface area (Å²) >= 11 is 0. The van der Waals surface area contributed by atoms with Crippen molar-refractivity contribution in [2.45, 2.75) is 97.8 Å². The average molecular weight is 369 g/mol. The smallest absolute Gasteiger partial charge is 0.308 e. The lowest BCUT2D eigenvalue weighted by atomic mass is 9.82. The summed E-state index contributed by atoms with van der Waals surface area (Å²) in [7, 11) is 0. The molecule has 26 heavy (non-hydrogen) atoms. The molecule has 0 spiro atoms. The van der Waals surface area contributed by atoms with Gasteiger partial charge >= 0.3 is 11.9 Å². The molecule has 0 atom stereocenters. The fraction of sp³-hybridized carbons (Fsp3) is 0.909. The van der Waals surface area contributed by atoms with Crippen molar-refractivity contribution in [3.8, 4) is 0 Å². The minimum atomic E-state index is -0.0709. The van der Waals surface area contributed by atoms with Crippen LogP contribution in [-0.2, 0) is 19.1 Å². The highest BCUT2D eigenvalue weighted by Gasteiger charge is 2.31. The Morgan fingerprint density at radius 1 is 0.769 bits per heavy atom. The van der Waals surface area contributed by atoms with Gasteiger partial charge in [-0.2, -0.15) is 0 Å². The molecule has 4 heteroatoms. The molecule has 0 N–H and O–H groups in total. The molecule has 1 aliphatic carbocycles. The molecular weight excluding hydrogens is 328 g/mol. The van der Waals surface area contributed by atoms with Crippen LogP contribution in [0.5, 0.6) is 0 Å². The Labute approximate surface area is 160 Å². The fourth-order valence-electron chi connectivity index (χ4n) is 3.51. The van der Waals surface area contributed by atoms with Crippen molar-refractivity contribution < 1.29 is 19.1 Å². The predicted octanol–water partition coefficient (Wildman–Crippen LogP) is 5.68. The van der Waals surface area contributed by atoms with Gasteiger partial charge in [-0.05, 0) is 44.4 Å². The summed E-state index contributed by atoms with van der Waals surface area (Å²) in [4.78, 5) is 24.2. The van der Waals surface area contributed by atoms with Crippen molar-refractivity contribution in [2.75, 3.05) is 13.2 Å². The summed E-state index contributed by atoms with van der Waals surface area (Å²) in [5, 5.41) is 0. The summed E-state index contributed by atoms with van der Waals surface area (Å²) in [6.45, 7) is 7.72. The highest BCUT2D eigenvalue weighted by atomic mass is 16.5. The Morgan fingerprint density at radius 3 is 1.65 bits per heavy atom. The molecule has 1 rings (SSSR count). The normalized spacial score (nSPS) is 20.2. The quantitative estimate of drug-likeness (QED) is 0.310. The lowest BCUT2D eigenvalue weighted by Crippen LogP contribution is -2.28. The molecule has 152 valence electrons. The second-order valence-corrected chi connectivity index (χ2v) is 8.19. The first-order valence-corrected chi connectivity index (χ1v) is 10.9. The summed E-state index contributed by atoms with van der Waals surface area (Å²) in [5.74, 6) is 0.551. The van der Waals surface area contributed by atoms with Crippen LogP contribution < -0.4 is 0 Å². The van der Waals surface area contributed by atoms with Crippen molar-refractivity contribution in [1.82, 2.24) is 0 Å². The number of carbonyl (C=O) groups excluding carboxylic acids is 2. The molecule has 0 bridgehead atoms. The first-order chi connectivity index (χ1) is 12.5. The van der Waals surface area contributed by atoms with E-state index in [1.807, 2.05) is 0 Å². The largest absolute Gasteiger partial charge is 0.465 e. The van der Waals surface area contributed by atoms with Gasteiger partial charge < -0.3 is 9.47 Å². The van der Waals surface area contributed by atoms with E-state index in [-0.39, 0.29) is 23.8 Å². The van der Waals surface area contributed by atoms with Gasteiger partial charge in [-0.1, -0.05) is 59.3 Å². The van der Waals surface area contributed by atoms with E-state index in [1.165, 1.54) is 25.7 Å². The van der Waals surface area contributed by atoms with E-state index >= 15 is 0 Å². The molecule has 0 aromatic carbocycles. The minimum absolute atomic E-state index is 0.0266. The molecule has 0 saturated heterocycles. The zero-order valence-electron chi connectivity index (χ0n) is 17.3. The summed E-state index contributed by atoms with van der Waals surface area (Å²) < 4.78 is 10.8. The number of unbranched alkanes of at least 4 members (excludes halogenated alkanes) is 5. The first-order valence-electron chi connectivity index (χ1n) is 10.9. The molecule has 0 unspecified atom stereocenters. The third-order valence-corrected chi connectivity index (χ3v) is 5.31. The van der Waals surface area contributed by atoms with Gasteiger partial charge in [0.05, 0.1) is 25.0 Å². The van der Waals surface area contributed by atoms with E-state index in [9.17, 15) is 9.59 Å². The van der Waals surface area contributed by atoms with Crippen molar-refractivity contribution in [2.24, 2.45) is 17.8 Å². The highest BCUT2D eigenvalue weighted by Crippen LogP contribution is 2.30. The highest BCUT2D eigenvalue weighted by molar-refractivity contribution is 5.75. The van der Waals surface area contributed by atoms with Crippen molar-refractivity contribution >= 4 is 11.9 Å². The maximum atomic E-state index is 12.1. The van der Waals surface area contributed by atoms with Gasteiger partial charge in [-0.25, -0.2) is 0 Å². The maximum absolute atomic E-state index is 12.1. The SMILES string of the molecule is CCCCCCOC(=O)C1CCC(C(=O)OCCCCCC(C)C)CC1. The molecule has 1 aliphatic rings. The Morgan fingerprint density at radius 2 is 1.23 bits per heavy atom. The molecule has 0 heterocycles. The van der Waals surface area contributed by atoms with E-state index in [2.05, 4.69) is 20.8 Å². The van der Waals surface area contributed by atoms with Crippen LogP contribution in [0.15, 0.2) is 0 Å². The number of rotatable bonds is 13. The molecular formula is C22H40O4. The zero-order valence-corrected chi connectivity index (χ0v) is 17.3. The lowest BCUT2D eigenvalue weighted by Gasteiger charge is -2.26. The molecule has 0 radical (unpaired) electrons. The van der Waals surface area contributed by atoms with E-state index in [4.69, 9.17) is 9.47 Å². The lowest BCUT2D eigenvalue weighted by molar-refractivity contribution is -0.155. The monoisotopic (exact) mass is 368 g/mol. The molecule has 4 nitrogen and oxygen atoms in total. The maximum Gasteiger partial charge on any atom is 0.308 e. The molecule has 1 fully saturated rings. The third kappa shape index (κ3) is 10.2. The standard InChI is InChI=1S/C22H40O4/c1-4-5-6-9-16-25-21(23)19-12-14-20(15-13-19)22(24)26-17-10-7-8-11-18(2)3/h18-20H,4-17H2,1-3H3. The number of hydrogen-bond acceptors (Lipinski definition) is 4. The Bertz CT molecular complexity index is 384. The van der Waals surface area contributed by atoms with E-state index in [0.29, 0.717) is 13.2 Å². The Balaban J connectivity index is 2.08. The topological polar surface area (TPSA) is 52.6 Å². The van der Waals surface area contributed by atoms with Crippen molar-refractivity contribution in [1.29, 1.82) is 0 Å². The molecule has 0 amide bonds. The van der Waals surface area contributed by atoms with Gasteiger partial charge in [0.15, 0.2) is 0 Å². The third-order valence-electron chi connectivity index (χ3n) is 5.31. The second-order valence-electron chi connectivity index (χ2n) is 8.19. The van der Waals surface area contributed by atoms with E-state index in [0.717, 1.165) is 57.3 Å². The fourth-order valence-corrected chi connectivity index (χ4v) is 3.51. The molecule has 0 aromatic heterocycles. The number of hydrogen-bond donors (Lipinski definition) is 0. The summed E-state index contributed by atoms with van der Waals surface area (Å²) in [6.07, 6.45) is 12.0. The van der Waals surface area contributed by atoms with Crippen LogP contribution in [-0.4, -0.2) is 25.2 Å². The van der Waals surface area contributed by atoms with Crippen LogP contribution in [0.2, 0.25) is 0 Å². The summed E-state index contributed by atoms with van der Waals surface area (Å²) in [5.41, 5.74) is 0. The second kappa shape index (κ2) is 14.1. The van der Waals surface area contributed by atoms with Gasteiger partial charge in [0.2, 0.25) is 0 Å². The van der Waals surface area contributed by atoms with E-state index < -0.39 is 0 Å². The molecule has 0 aromatic rings. The zero-order chi connectivity index (χ0) is 19.2. The van der Waals surface area contributed by atoms with E-state index in [1.54, 1.807) is 0 Å². The molecule has 1 saturated carbocycles. The van der Waals surface area contributed by atoms with Crippen LogP contribution in [0.1, 0.15) is 97.8 Å². The number of esters is 2. The van der Waals surface area contributed by atoms with Crippen molar-refractivity contribution in [3.63, 3.8) is 0 Å². The first kappa shape index (κ1) is 23.0. The Hall–Kier alpha value is -1.06. The Kier molecular flexibility index (Phi) is 12.4. The van der Waals surface area contributed by atoms with Gasteiger partial charge in [-0.3, -0.25) is 9.59 Å². The van der Waals surface area contributed by atoms with Crippen LogP contribution >= 0.6 is 0 Å². The number of ether oxygens (including phenoxy) is 2. The summed E-state index contributed by atoms with van der Waals surface area (Å²) in [6, 6.07) is 0. The van der Waals surface area contributed by atoms with Gasteiger partial charge in [0.25, 0.3) is 0 Å². The van der Waals surface area contributed by atoms with Gasteiger partial charge in [-0.15, -0.1) is 0 Å². The van der Waals surface area contributed by atoms with Gasteiger partial charge in [0, 0.05) is 0 Å². The predicted molar refractivity (Wildman–Crippen MR) is 105 cm³/mol. The van der Waals surface area contributed by atoms with Crippen LogP contribution in [0.25, 0.3) is 0 Å².